The van der Waals surface area contributed by atoms with Gasteiger partial charge in [-0.15, -0.1) is 0 Å². The van der Waals surface area contributed by atoms with Crippen LogP contribution in [0.5, 0.6) is 0 Å². The van der Waals surface area contributed by atoms with Crippen molar-refractivity contribution in [1.82, 2.24) is 9.80 Å². The fourth-order valence-corrected chi connectivity index (χ4v) is 4.90. The molecule has 1 fully saturated rings. The third-order valence-corrected chi connectivity index (χ3v) is 7.30. The quantitative estimate of drug-likeness (QED) is 0.324. The number of nitrogens with zero attached hydrogens (tertiary/aromatic N) is 3. The zero-order valence-electron chi connectivity index (χ0n) is 23.7. The molecule has 0 saturated carbocycles. The lowest BCUT2D eigenvalue weighted by atomic mass is 9.93. The molecule has 0 aromatic heterocycles. The monoisotopic (exact) mass is 547 g/mol. The van der Waals surface area contributed by atoms with Gasteiger partial charge in [-0.3, -0.25) is 9.69 Å². The van der Waals surface area contributed by atoms with Crippen LogP contribution in [0.4, 0.5) is 23.7 Å². The van der Waals surface area contributed by atoms with Crippen LogP contribution >= 0.6 is 0 Å². The Morgan fingerprint density at radius 1 is 1.15 bits per heavy atom. The van der Waals surface area contributed by atoms with Crippen molar-refractivity contribution >= 4 is 18.1 Å². The fourth-order valence-electron chi connectivity index (χ4n) is 4.90. The van der Waals surface area contributed by atoms with E-state index >= 15 is 0 Å². The molecule has 2 unspecified atom stereocenters. The van der Waals surface area contributed by atoms with Crippen LogP contribution in [0.15, 0.2) is 42.5 Å². The molecule has 3 rings (SSSR count). The van der Waals surface area contributed by atoms with Gasteiger partial charge < -0.3 is 14.5 Å². The molecule has 6 nitrogen and oxygen atoms in total. The van der Waals surface area contributed by atoms with Crippen LogP contribution in [0.2, 0.25) is 0 Å². The van der Waals surface area contributed by atoms with Crippen molar-refractivity contribution in [2.75, 3.05) is 38.6 Å². The van der Waals surface area contributed by atoms with Gasteiger partial charge in [0, 0.05) is 44.0 Å². The van der Waals surface area contributed by atoms with Crippen molar-refractivity contribution in [2.45, 2.75) is 64.9 Å². The molecule has 2 aromatic rings. The molecular weight excluding hydrogens is 507 g/mol. The highest BCUT2D eigenvalue weighted by molar-refractivity contribution is 5.79. The molecule has 0 bridgehead atoms. The largest absolute Gasteiger partial charge is 0.444 e. The van der Waals surface area contributed by atoms with Crippen LogP contribution in [0.1, 0.15) is 73.6 Å². The average molecular weight is 548 g/mol. The molecule has 1 heterocycles. The van der Waals surface area contributed by atoms with Gasteiger partial charge in [-0.2, -0.15) is 13.2 Å². The van der Waals surface area contributed by atoms with Gasteiger partial charge in [-0.25, -0.2) is 4.79 Å². The van der Waals surface area contributed by atoms with E-state index in [1.54, 1.807) is 22.9 Å². The Morgan fingerprint density at radius 2 is 1.82 bits per heavy atom. The Balaban J connectivity index is 1.72. The second kappa shape index (κ2) is 12.4. The molecular formula is C30H40F3N3O3. The highest BCUT2D eigenvalue weighted by Crippen LogP contribution is 2.37. The summed E-state index contributed by atoms with van der Waals surface area (Å²) in [7, 11) is 3.58. The summed E-state index contributed by atoms with van der Waals surface area (Å²) < 4.78 is 48.2. The van der Waals surface area contributed by atoms with Crippen molar-refractivity contribution in [1.29, 1.82) is 0 Å². The summed E-state index contributed by atoms with van der Waals surface area (Å²) in [6.45, 7) is 9.19. The standard InChI is InChI=1S/C30H40F3N3O3/c1-21(34(5)14-12-22-13-15-36(18-22)28(38)39-29(2,3)4)23-16-24(20-37)26(27(17-23)30(31,32)33)19-35(6)25-10-8-7-9-11-25/h7-11,16-17,20-22H,12-15,18-19H2,1-6H3. The molecule has 9 heteroatoms. The first-order valence-electron chi connectivity index (χ1n) is 13.3. The van der Waals surface area contributed by atoms with E-state index in [2.05, 4.69) is 0 Å². The number of ether oxygens (including phenoxy) is 1. The summed E-state index contributed by atoms with van der Waals surface area (Å²) in [4.78, 5) is 29.8. The molecule has 0 aliphatic carbocycles. The summed E-state index contributed by atoms with van der Waals surface area (Å²) in [5.74, 6) is 0.291. The molecule has 2 atom stereocenters. The predicted molar refractivity (Wildman–Crippen MR) is 147 cm³/mol. The van der Waals surface area contributed by atoms with E-state index in [9.17, 15) is 22.8 Å². The number of amides is 1. The van der Waals surface area contributed by atoms with Crippen LogP contribution in [-0.4, -0.2) is 61.5 Å². The molecule has 0 radical (unpaired) electrons. The third-order valence-electron chi connectivity index (χ3n) is 7.30. The second-order valence-corrected chi connectivity index (χ2v) is 11.5. The van der Waals surface area contributed by atoms with Crippen LogP contribution in [0.3, 0.4) is 0 Å². The Bertz CT molecular complexity index is 1130. The summed E-state index contributed by atoms with van der Waals surface area (Å²) >= 11 is 0. The number of aldehydes is 1. The second-order valence-electron chi connectivity index (χ2n) is 11.5. The molecule has 1 saturated heterocycles. The zero-order valence-corrected chi connectivity index (χ0v) is 23.7. The van der Waals surface area contributed by atoms with Gasteiger partial charge in [0.25, 0.3) is 0 Å². The number of rotatable bonds is 9. The maximum Gasteiger partial charge on any atom is 0.416 e. The van der Waals surface area contributed by atoms with Gasteiger partial charge in [0.05, 0.1) is 5.56 Å². The Hall–Kier alpha value is -3.07. The van der Waals surface area contributed by atoms with Crippen LogP contribution < -0.4 is 4.90 Å². The fraction of sp³-hybridized carbons (Fsp3) is 0.533. The lowest BCUT2D eigenvalue weighted by molar-refractivity contribution is -0.138. The van der Waals surface area contributed by atoms with E-state index in [0.717, 1.165) is 18.5 Å². The maximum atomic E-state index is 14.2. The summed E-state index contributed by atoms with van der Waals surface area (Å²) in [5.41, 5.74) is -0.111. The highest BCUT2D eigenvalue weighted by Gasteiger charge is 2.36. The van der Waals surface area contributed by atoms with Crippen LogP contribution in [0, 0.1) is 5.92 Å². The number of benzene rings is 2. The van der Waals surface area contributed by atoms with E-state index in [4.69, 9.17) is 4.74 Å². The van der Waals surface area contributed by atoms with Crippen LogP contribution in [-0.2, 0) is 17.5 Å². The highest BCUT2D eigenvalue weighted by atomic mass is 19.4. The molecule has 1 amide bonds. The number of alkyl halides is 3. The number of likely N-dealkylation sites (tertiary alicyclic amines) is 1. The zero-order chi connectivity index (χ0) is 29.0. The van der Waals surface area contributed by atoms with Gasteiger partial charge in [0.15, 0.2) is 0 Å². The van der Waals surface area contributed by atoms with Gasteiger partial charge in [0.2, 0.25) is 0 Å². The number of carbonyl (C=O) groups is 2. The van der Waals surface area contributed by atoms with Crippen molar-refractivity contribution < 1.29 is 27.5 Å². The smallest absolute Gasteiger partial charge is 0.416 e. The SMILES string of the molecule is CC(c1cc(C=O)c(CN(C)c2ccccc2)c(C(F)(F)F)c1)N(C)CCC1CCN(C(=O)OC(C)(C)C)C1. The normalized spacial score (nSPS) is 16.9. The molecule has 214 valence electrons. The molecule has 0 spiro atoms. The van der Waals surface area contributed by atoms with Gasteiger partial charge in [-0.1, -0.05) is 18.2 Å². The van der Waals surface area contributed by atoms with Crippen molar-refractivity contribution in [3.8, 4) is 0 Å². The molecule has 2 aromatic carbocycles. The lowest BCUT2D eigenvalue weighted by Gasteiger charge is -2.29. The van der Waals surface area contributed by atoms with E-state index in [0.29, 0.717) is 37.4 Å². The van der Waals surface area contributed by atoms with E-state index in [1.807, 2.05) is 70.0 Å². The van der Waals surface area contributed by atoms with Crippen molar-refractivity contribution in [3.63, 3.8) is 0 Å². The minimum atomic E-state index is -4.60. The van der Waals surface area contributed by atoms with E-state index in [-0.39, 0.29) is 29.8 Å². The van der Waals surface area contributed by atoms with Gasteiger partial charge in [0.1, 0.15) is 11.9 Å². The predicted octanol–water partition coefficient (Wildman–Crippen LogP) is 6.79. The van der Waals surface area contributed by atoms with Gasteiger partial charge >= 0.3 is 12.3 Å². The first kappa shape index (κ1) is 30.5. The number of halogens is 3. The van der Waals surface area contributed by atoms with Crippen molar-refractivity contribution in [2.24, 2.45) is 5.92 Å². The first-order chi connectivity index (χ1) is 18.2. The topological polar surface area (TPSA) is 53.1 Å². The summed E-state index contributed by atoms with van der Waals surface area (Å²) in [6.07, 6.45) is -2.74. The van der Waals surface area contributed by atoms with E-state index in [1.165, 1.54) is 6.07 Å². The van der Waals surface area contributed by atoms with Crippen molar-refractivity contribution in [3.05, 3.63) is 64.7 Å². The lowest BCUT2D eigenvalue weighted by Crippen LogP contribution is -2.35. The minimum Gasteiger partial charge on any atom is -0.444 e. The number of hydrogen-bond acceptors (Lipinski definition) is 5. The third kappa shape index (κ3) is 8.21. The molecule has 0 N–H and O–H groups in total. The Kier molecular flexibility index (Phi) is 9.69. The number of para-hydroxylation sites is 1. The Labute approximate surface area is 229 Å². The Morgan fingerprint density at radius 3 is 2.41 bits per heavy atom. The molecule has 1 aliphatic heterocycles. The maximum absolute atomic E-state index is 14.2. The summed E-state index contributed by atoms with van der Waals surface area (Å²) in [5, 5.41) is 0. The van der Waals surface area contributed by atoms with Gasteiger partial charge in [-0.05, 0) is 95.4 Å². The first-order valence-corrected chi connectivity index (χ1v) is 13.3. The number of anilines is 1. The van der Waals surface area contributed by atoms with E-state index < -0.39 is 17.3 Å². The molecule has 1 aliphatic rings. The average Bonchev–Trinajstić information content (AvgIpc) is 3.35. The number of hydrogen-bond donors (Lipinski definition) is 0. The summed E-state index contributed by atoms with van der Waals surface area (Å²) in [6, 6.07) is 11.5. The van der Waals surface area contributed by atoms with Crippen LogP contribution in [0.25, 0.3) is 0 Å². The minimum absolute atomic E-state index is 0.0318. The molecule has 39 heavy (non-hydrogen) atoms. The number of carbonyl (C=O) groups excluding carboxylic acids is 2.